The van der Waals surface area contributed by atoms with Crippen LogP contribution in [0.2, 0.25) is 0 Å². The maximum atomic E-state index is 6.33. The Labute approximate surface area is 120 Å². The third-order valence-electron chi connectivity index (χ3n) is 4.29. The van der Waals surface area contributed by atoms with Gasteiger partial charge in [0.1, 0.15) is 0 Å². The standard InChI is InChI=1S/C17H35NO/c1-3-5-6-7-11-15-19-17(16-18-14-4-2)12-9-8-10-13-17/h18H,3-16H2,1-2H3. The lowest BCUT2D eigenvalue weighted by Gasteiger charge is -2.37. The van der Waals surface area contributed by atoms with Crippen LogP contribution in [0.5, 0.6) is 0 Å². The van der Waals surface area contributed by atoms with Crippen molar-refractivity contribution in [1.29, 1.82) is 0 Å². The molecule has 1 aliphatic rings. The summed E-state index contributed by atoms with van der Waals surface area (Å²) in [7, 11) is 0. The zero-order chi connectivity index (χ0) is 13.8. The van der Waals surface area contributed by atoms with Crippen LogP contribution < -0.4 is 5.32 Å². The van der Waals surface area contributed by atoms with Crippen molar-refractivity contribution in [3.63, 3.8) is 0 Å². The lowest BCUT2D eigenvalue weighted by atomic mass is 9.84. The predicted octanol–water partition coefficient (Wildman–Crippen LogP) is 4.68. The third kappa shape index (κ3) is 7.31. The first-order chi connectivity index (χ1) is 9.33. The highest BCUT2D eigenvalue weighted by Gasteiger charge is 2.32. The molecule has 0 aromatic heterocycles. The summed E-state index contributed by atoms with van der Waals surface area (Å²) >= 11 is 0. The molecule has 19 heavy (non-hydrogen) atoms. The van der Waals surface area contributed by atoms with Crippen LogP contribution in [-0.4, -0.2) is 25.3 Å². The molecular weight excluding hydrogens is 234 g/mol. The van der Waals surface area contributed by atoms with Crippen LogP contribution >= 0.6 is 0 Å². The lowest BCUT2D eigenvalue weighted by molar-refractivity contribution is -0.0695. The number of rotatable bonds is 11. The van der Waals surface area contributed by atoms with Gasteiger partial charge < -0.3 is 10.1 Å². The van der Waals surface area contributed by atoms with E-state index in [1.54, 1.807) is 0 Å². The van der Waals surface area contributed by atoms with Crippen LogP contribution in [0.1, 0.15) is 84.5 Å². The van der Waals surface area contributed by atoms with Gasteiger partial charge in [0.2, 0.25) is 0 Å². The van der Waals surface area contributed by atoms with Gasteiger partial charge in [0.25, 0.3) is 0 Å². The molecule has 1 aliphatic carbocycles. The van der Waals surface area contributed by atoms with Gasteiger partial charge in [-0.15, -0.1) is 0 Å². The van der Waals surface area contributed by atoms with E-state index in [4.69, 9.17) is 4.74 Å². The summed E-state index contributed by atoms with van der Waals surface area (Å²) in [6.07, 6.45) is 14.5. The van der Waals surface area contributed by atoms with E-state index >= 15 is 0 Å². The van der Waals surface area contributed by atoms with Crippen molar-refractivity contribution in [1.82, 2.24) is 5.32 Å². The second-order valence-corrected chi connectivity index (χ2v) is 6.18. The van der Waals surface area contributed by atoms with Gasteiger partial charge in [-0.3, -0.25) is 0 Å². The first kappa shape index (κ1) is 17.0. The molecule has 0 aromatic carbocycles. The van der Waals surface area contributed by atoms with Gasteiger partial charge in [0.15, 0.2) is 0 Å². The molecule has 2 nitrogen and oxygen atoms in total. The fourth-order valence-corrected chi connectivity index (χ4v) is 3.06. The van der Waals surface area contributed by atoms with Crippen LogP contribution in [0.3, 0.4) is 0 Å². The maximum Gasteiger partial charge on any atom is 0.0806 e. The Kier molecular flexibility index (Phi) is 9.54. The first-order valence-corrected chi connectivity index (χ1v) is 8.67. The molecule has 0 amide bonds. The molecule has 0 unspecified atom stereocenters. The van der Waals surface area contributed by atoms with Crippen LogP contribution in [-0.2, 0) is 4.74 Å². The van der Waals surface area contributed by atoms with Crippen molar-refractivity contribution < 1.29 is 4.74 Å². The molecule has 0 spiro atoms. The number of hydrogen-bond acceptors (Lipinski definition) is 2. The van der Waals surface area contributed by atoms with Gasteiger partial charge in [-0.1, -0.05) is 58.8 Å². The SMILES string of the molecule is CCCCCCCOC1(CNCCC)CCCCC1. The van der Waals surface area contributed by atoms with Gasteiger partial charge in [-0.25, -0.2) is 0 Å². The molecule has 0 aliphatic heterocycles. The molecule has 0 radical (unpaired) electrons. The summed E-state index contributed by atoms with van der Waals surface area (Å²) in [6, 6.07) is 0. The summed E-state index contributed by atoms with van der Waals surface area (Å²) < 4.78 is 6.33. The number of unbranched alkanes of at least 4 members (excludes halogenated alkanes) is 4. The molecule has 0 aromatic rings. The van der Waals surface area contributed by atoms with E-state index in [2.05, 4.69) is 19.2 Å². The highest BCUT2D eigenvalue weighted by atomic mass is 16.5. The molecular formula is C17H35NO. The Morgan fingerprint density at radius 1 is 0.895 bits per heavy atom. The average Bonchev–Trinajstić information content (AvgIpc) is 2.44. The lowest BCUT2D eigenvalue weighted by Crippen LogP contribution is -2.45. The van der Waals surface area contributed by atoms with E-state index in [0.29, 0.717) is 0 Å². The minimum atomic E-state index is 0.165. The van der Waals surface area contributed by atoms with E-state index in [-0.39, 0.29) is 5.60 Å². The normalized spacial score (nSPS) is 18.6. The predicted molar refractivity (Wildman–Crippen MR) is 83.7 cm³/mol. The van der Waals surface area contributed by atoms with E-state index in [0.717, 1.165) is 19.7 Å². The minimum Gasteiger partial charge on any atom is -0.374 e. The van der Waals surface area contributed by atoms with Crippen molar-refractivity contribution in [2.45, 2.75) is 90.1 Å². The molecule has 2 heteroatoms. The monoisotopic (exact) mass is 269 g/mol. The number of nitrogens with one attached hydrogen (secondary N) is 1. The summed E-state index contributed by atoms with van der Waals surface area (Å²) in [5.74, 6) is 0. The van der Waals surface area contributed by atoms with Crippen molar-refractivity contribution in [2.24, 2.45) is 0 Å². The number of hydrogen-bond donors (Lipinski definition) is 1. The zero-order valence-corrected chi connectivity index (χ0v) is 13.3. The summed E-state index contributed by atoms with van der Waals surface area (Å²) in [5.41, 5.74) is 0.165. The van der Waals surface area contributed by atoms with Crippen LogP contribution in [0, 0.1) is 0 Å². The smallest absolute Gasteiger partial charge is 0.0806 e. The molecule has 1 fully saturated rings. The third-order valence-corrected chi connectivity index (χ3v) is 4.29. The number of ether oxygens (including phenoxy) is 1. The fraction of sp³-hybridized carbons (Fsp3) is 1.00. The highest BCUT2D eigenvalue weighted by molar-refractivity contribution is 4.86. The molecule has 114 valence electrons. The summed E-state index contributed by atoms with van der Waals surface area (Å²) in [5, 5.41) is 3.58. The Balaban J connectivity index is 2.20. The van der Waals surface area contributed by atoms with Crippen molar-refractivity contribution >= 4 is 0 Å². The molecule has 1 rings (SSSR count). The van der Waals surface area contributed by atoms with Crippen LogP contribution in [0.15, 0.2) is 0 Å². The molecule has 0 atom stereocenters. The quantitative estimate of drug-likeness (QED) is 0.550. The molecule has 1 saturated carbocycles. The second kappa shape index (κ2) is 10.7. The largest absolute Gasteiger partial charge is 0.374 e. The van der Waals surface area contributed by atoms with Crippen LogP contribution in [0.4, 0.5) is 0 Å². The topological polar surface area (TPSA) is 21.3 Å². The van der Waals surface area contributed by atoms with Crippen LogP contribution in [0.25, 0.3) is 0 Å². The Hall–Kier alpha value is -0.0800. The maximum absolute atomic E-state index is 6.33. The summed E-state index contributed by atoms with van der Waals surface area (Å²) in [4.78, 5) is 0. The van der Waals surface area contributed by atoms with E-state index in [1.165, 1.54) is 70.6 Å². The fourth-order valence-electron chi connectivity index (χ4n) is 3.06. The molecule has 0 bridgehead atoms. The highest BCUT2D eigenvalue weighted by Crippen LogP contribution is 2.31. The van der Waals surface area contributed by atoms with Crippen molar-refractivity contribution in [3.8, 4) is 0 Å². The zero-order valence-electron chi connectivity index (χ0n) is 13.3. The van der Waals surface area contributed by atoms with E-state index in [9.17, 15) is 0 Å². The second-order valence-electron chi connectivity index (χ2n) is 6.18. The Bertz CT molecular complexity index is 199. The Morgan fingerprint density at radius 3 is 2.32 bits per heavy atom. The summed E-state index contributed by atoms with van der Waals surface area (Å²) in [6.45, 7) is 7.66. The van der Waals surface area contributed by atoms with Crippen molar-refractivity contribution in [2.75, 3.05) is 19.7 Å². The van der Waals surface area contributed by atoms with Crippen molar-refractivity contribution in [3.05, 3.63) is 0 Å². The van der Waals surface area contributed by atoms with E-state index < -0.39 is 0 Å². The van der Waals surface area contributed by atoms with Gasteiger partial charge in [0, 0.05) is 13.2 Å². The first-order valence-electron chi connectivity index (χ1n) is 8.67. The molecule has 1 N–H and O–H groups in total. The van der Waals surface area contributed by atoms with Gasteiger partial charge in [-0.05, 0) is 32.2 Å². The van der Waals surface area contributed by atoms with E-state index in [1.807, 2.05) is 0 Å². The Morgan fingerprint density at radius 2 is 1.63 bits per heavy atom. The van der Waals surface area contributed by atoms with Gasteiger partial charge in [0.05, 0.1) is 5.60 Å². The molecule has 0 saturated heterocycles. The average molecular weight is 269 g/mol. The van der Waals surface area contributed by atoms with Gasteiger partial charge >= 0.3 is 0 Å². The van der Waals surface area contributed by atoms with Gasteiger partial charge in [-0.2, -0.15) is 0 Å². The molecule has 0 heterocycles. The minimum absolute atomic E-state index is 0.165.